The third-order valence-corrected chi connectivity index (χ3v) is 3.22. The first-order valence-corrected chi connectivity index (χ1v) is 6.72. The van der Waals surface area contributed by atoms with Gasteiger partial charge in [-0.2, -0.15) is 0 Å². The van der Waals surface area contributed by atoms with E-state index in [0.29, 0.717) is 6.04 Å². The van der Waals surface area contributed by atoms with E-state index in [-0.39, 0.29) is 12.6 Å². The van der Waals surface area contributed by atoms with Crippen molar-refractivity contribution in [2.24, 2.45) is 0 Å². The summed E-state index contributed by atoms with van der Waals surface area (Å²) in [5.74, 6) is 1.50. The van der Waals surface area contributed by atoms with Gasteiger partial charge < -0.3 is 19.9 Å². The summed E-state index contributed by atoms with van der Waals surface area (Å²) in [5.41, 5.74) is 1.19. The molecule has 1 rings (SSSR count). The Labute approximate surface area is 115 Å². The van der Waals surface area contributed by atoms with Gasteiger partial charge in [-0.05, 0) is 37.5 Å². The van der Waals surface area contributed by atoms with E-state index in [4.69, 9.17) is 9.47 Å². The van der Waals surface area contributed by atoms with Crippen molar-refractivity contribution in [3.05, 3.63) is 23.8 Å². The van der Waals surface area contributed by atoms with Gasteiger partial charge in [-0.1, -0.05) is 13.0 Å². The molecule has 0 aliphatic heterocycles. The Bertz CT molecular complexity index is 378. The van der Waals surface area contributed by atoms with Crippen LogP contribution < -0.4 is 14.8 Å². The van der Waals surface area contributed by atoms with Crippen LogP contribution >= 0.6 is 0 Å². The summed E-state index contributed by atoms with van der Waals surface area (Å²) < 4.78 is 10.5. The molecule has 2 N–H and O–H groups in total. The summed E-state index contributed by atoms with van der Waals surface area (Å²) in [4.78, 5) is 0. The standard InChI is InChI=1S/C15H25NO3/c1-5-13(10-17)16-11(2)8-12-6-7-14(18-3)15(9-12)19-4/h6-7,9,11,13,16-17H,5,8,10H2,1-4H3/t11?,13-/m1/s1. The molecule has 0 aliphatic rings. The molecule has 0 aromatic heterocycles. The van der Waals surface area contributed by atoms with E-state index >= 15 is 0 Å². The van der Waals surface area contributed by atoms with Gasteiger partial charge in [-0.3, -0.25) is 0 Å². The Morgan fingerprint density at radius 2 is 1.89 bits per heavy atom. The highest BCUT2D eigenvalue weighted by Crippen LogP contribution is 2.27. The average molecular weight is 267 g/mol. The fourth-order valence-electron chi connectivity index (χ4n) is 2.12. The molecule has 108 valence electrons. The number of nitrogens with one attached hydrogen (secondary N) is 1. The van der Waals surface area contributed by atoms with Crippen LogP contribution in [0.25, 0.3) is 0 Å². The van der Waals surface area contributed by atoms with Crippen molar-refractivity contribution >= 4 is 0 Å². The van der Waals surface area contributed by atoms with Crippen molar-refractivity contribution in [2.75, 3.05) is 20.8 Å². The number of benzene rings is 1. The van der Waals surface area contributed by atoms with Crippen molar-refractivity contribution < 1.29 is 14.6 Å². The van der Waals surface area contributed by atoms with Gasteiger partial charge in [0.25, 0.3) is 0 Å². The molecule has 0 heterocycles. The van der Waals surface area contributed by atoms with E-state index in [1.165, 1.54) is 5.56 Å². The van der Waals surface area contributed by atoms with E-state index in [2.05, 4.69) is 19.2 Å². The minimum Gasteiger partial charge on any atom is -0.493 e. The normalized spacial score (nSPS) is 13.9. The molecular formula is C15H25NO3. The summed E-state index contributed by atoms with van der Waals surface area (Å²) in [6, 6.07) is 6.42. The lowest BCUT2D eigenvalue weighted by Gasteiger charge is -2.21. The molecule has 1 aromatic carbocycles. The fourth-order valence-corrected chi connectivity index (χ4v) is 2.12. The van der Waals surface area contributed by atoms with Crippen LogP contribution in [0.4, 0.5) is 0 Å². The molecule has 0 bridgehead atoms. The highest BCUT2D eigenvalue weighted by molar-refractivity contribution is 5.43. The molecule has 0 fully saturated rings. The van der Waals surface area contributed by atoms with E-state index in [1.807, 2.05) is 18.2 Å². The van der Waals surface area contributed by atoms with Gasteiger partial charge in [-0.25, -0.2) is 0 Å². The maximum Gasteiger partial charge on any atom is 0.160 e. The predicted molar refractivity (Wildman–Crippen MR) is 77.0 cm³/mol. The van der Waals surface area contributed by atoms with Gasteiger partial charge in [0.05, 0.1) is 20.8 Å². The van der Waals surface area contributed by atoms with Crippen molar-refractivity contribution in [2.45, 2.75) is 38.8 Å². The number of ether oxygens (including phenoxy) is 2. The topological polar surface area (TPSA) is 50.7 Å². The molecule has 4 nitrogen and oxygen atoms in total. The lowest BCUT2D eigenvalue weighted by atomic mass is 10.1. The van der Waals surface area contributed by atoms with Crippen LogP contribution in [0.1, 0.15) is 25.8 Å². The molecule has 1 unspecified atom stereocenters. The van der Waals surface area contributed by atoms with Gasteiger partial charge in [0.1, 0.15) is 0 Å². The van der Waals surface area contributed by atoms with Crippen molar-refractivity contribution in [1.82, 2.24) is 5.32 Å². The first-order chi connectivity index (χ1) is 9.14. The van der Waals surface area contributed by atoms with Crippen LogP contribution in [0.5, 0.6) is 11.5 Å². The number of rotatable bonds is 8. The Kier molecular flexibility index (Phi) is 6.67. The van der Waals surface area contributed by atoms with Gasteiger partial charge >= 0.3 is 0 Å². The summed E-state index contributed by atoms with van der Waals surface area (Å²) in [6.07, 6.45) is 1.81. The molecule has 4 heteroatoms. The third-order valence-electron chi connectivity index (χ3n) is 3.22. The lowest BCUT2D eigenvalue weighted by Crippen LogP contribution is -2.39. The van der Waals surface area contributed by atoms with Crippen LogP contribution in [0, 0.1) is 0 Å². The minimum atomic E-state index is 0.162. The molecule has 0 amide bonds. The number of aliphatic hydroxyl groups excluding tert-OH is 1. The molecule has 19 heavy (non-hydrogen) atoms. The lowest BCUT2D eigenvalue weighted by molar-refractivity contribution is 0.229. The highest BCUT2D eigenvalue weighted by atomic mass is 16.5. The first kappa shape index (κ1) is 15.8. The molecule has 2 atom stereocenters. The Morgan fingerprint density at radius 3 is 2.42 bits per heavy atom. The van der Waals surface area contributed by atoms with Gasteiger partial charge in [0.15, 0.2) is 11.5 Å². The van der Waals surface area contributed by atoms with Crippen LogP contribution in [-0.4, -0.2) is 38.0 Å². The second kappa shape index (κ2) is 8.02. The molecule has 1 aromatic rings. The zero-order valence-corrected chi connectivity index (χ0v) is 12.3. The van der Waals surface area contributed by atoms with E-state index in [9.17, 15) is 5.11 Å². The van der Waals surface area contributed by atoms with E-state index < -0.39 is 0 Å². The predicted octanol–water partition coefficient (Wildman–Crippen LogP) is 2.00. The molecule has 0 saturated carbocycles. The highest BCUT2D eigenvalue weighted by Gasteiger charge is 2.11. The first-order valence-electron chi connectivity index (χ1n) is 6.72. The van der Waals surface area contributed by atoms with Crippen molar-refractivity contribution in [3.8, 4) is 11.5 Å². The average Bonchev–Trinajstić information content (AvgIpc) is 2.44. The summed E-state index contributed by atoms with van der Waals surface area (Å²) in [7, 11) is 3.27. The second-order valence-corrected chi connectivity index (χ2v) is 4.75. The van der Waals surface area contributed by atoms with Crippen LogP contribution in [0.15, 0.2) is 18.2 Å². The molecule has 0 spiro atoms. The molecular weight excluding hydrogens is 242 g/mol. The van der Waals surface area contributed by atoms with Crippen LogP contribution in [0.2, 0.25) is 0 Å². The monoisotopic (exact) mass is 267 g/mol. The zero-order valence-electron chi connectivity index (χ0n) is 12.3. The van der Waals surface area contributed by atoms with Gasteiger partial charge in [0, 0.05) is 12.1 Å². The molecule has 0 saturated heterocycles. The van der Waals surface area contributed by atoms with Crippen molar-refractivity contribution in [3.63, 3.8) is 0 Å². The van der Waals surface area contributed by atoms with Crippen LogP contribution in [0.3, 0.4) is 0 Å². The van der Waals surface area contributed by atoms with Gasteiger partial charge in [0.2, 0.25) is 0 Å². The largest absolute Gasteiger partial charge is 0.493 e. The zero-order chi connectivity index (χ0) is 14.3. The Hall–Kier alpha value is -1.26. The van der Waals surface area contributed by atoms with Crippen LogP contribution in [-0.2, 0) is 6.42 Å². The number of hydrogen-bond acceptors (Lipinski definition) is 4. The number of methoxy groups -OCH3 is 2. The SMILES string of the molecule is CC[C@H](CO)NC(C)Cc1ccc(OC)c(OC)c1. The molecule has 0 radical (unpaired) electrons. The smallest absolute Gasteiger partial charge is 0.160 e. The minimum absolute atomic E-state index is 0.162. The van der Waals surface area contributed by atoms with E-state index in [0.717, 1.165) is 24.3 Å². The molecule has 0 aliphatic carbocycles. The maximum atomic E-state index is 9.19. The Morgan fingerprint density at radius 1 is 1.21 bits per heavy atom. The number of hydrogen-bond donors (Lipinski definition) is 2. The quantitative estimate of drug-likeness (QED) is 0.756. The Balaban J connectivity index is 2.66. The summed E-state index contributed by atoms with van der Waals surface area (Å²) in [6.45, 7) is 4.36. The summed E-state index contributed by atoms with van der Waals surface area (Å²) in [5, 5.41) is 12.6. The fraction of sp³-hybridized carbons (Fsp3) is 0.600. The van der Waals surface area contributed by atoms with Gasteiger partial charge in [-0.15, -0.1) is 0 Å². The van der Waals surface area contributed by atoms with E-state index in [1.54, 1.807) is 14.2 Å². The van der Waals surface area contributed by atoms with Crippen molar-refractivity contribution in [1.29, 1.82) is 0 Å². The third kappa shape index (κ3) is 4.73. The second-order valence-electron chi connectivity index (χ2n) is 4.75. The number of aliphatic hydroxyl groups is 1. The maximum absolute atomic E-state index is 9.19. The summed E-state index contributed by atoms with van der Waals surface area (Å²) >= 11 is 0.